The minimum atomic E-state index is -4.38. The standard InChI is InChI=1S/C13H17F3N2O2S2.ClH/c1-17-10-3-2-8-18(9-10)22(19,20)12-6-4-11(5-7-12)21-13(14,15)16;/h4-7,10,17H,2-3,8-9H2,1H3;1H. The normalized spacial score (nSPS) is 20.1. The topological polar surface area (TPSA) is 49.4 Å². The van der Waals surface area contributed by atoms with Gasteiger partial charge in [-0.2, -0.15) is 17.5 Å². The van der Waals surface area contributed by atoms with Crippen LogP contribution in [0.15, 0.2) is 34.1 Å². The molecule has 1 aliphatic heterocycles. The molecule has 1 heterocycles. The maximum absolute atomic E-state index is 12.5. The van der Waals surface area contributed by atoms with Crippen molar-refractivity contribution in [3.8, 4) is 0 Å². The van der Waals surface area contributed by atoms with E-state index in [2.05, 4.69) is 5.32 Å². The summed E-state index contributed by atoms with van der Waals surface area (Å²) in [5.41, 5.74) is -4.38. The number of halogens is 4. The predicted molar refractivity (Wildman–Crippen MR) is 86.4 cm³/mol. The lowest BCUT2D eigenvalue weighted by Crippen LogP contribution is -2.46. The maximum atomic E-state index is 12.5. The van der Waals surface area contributed by atoms with Crippen LogP contribution in [-0.4, -0.2) is 44.4 Å². The summed E-state index contributed by atoms with van der Waals surface area (Å²) < 4.78 is 63.2. The summed E-state index contributed by atoms with van der Waals surface area (Å²) in [6, 6.07) is 4.93. The van der Waals surface area contributed by atoms with Gasteiger partial charge in [0.25, 0.3) is 0 Å². The first kappa shape index (κ1) is 20.6. The van der Waals surface area contributed by atoms with Crippen molar-refractivity contribution in [2.75, 3.05) is 20.1 Å². The number of hydrogen-bond donors (Lipinski definition) is 1. The molecular weight excluding hydrogens is 373 g/mol. The van der Waals surface area contributed by atoms with Gasteiger partial charge in [-0.15, -0.1) is 12.4 Å². The zero-order chi connectivity index (χ0) is 16.4. The molecule has 23 heavy (non-hydrogen) atoms. The number of rotatable bonds is 4. The molecule has 1 N–H and O–H groups in total. The smallest absolute Gasteiger partial charge is 0.316 e. The van der Waals surface area contributed by atoms with Crippen LogP contribution in [-0.2, 0) is 10.0 Å². The van der Waals surface area contributed by atoms with E-state index in [1.54, 1.807) is 7.05 Å². The Balaban J connectivity index is 0.00000264. The molecule has 1 aromatic rings. The fourth-order valence-corrected chi connectivity index (χ4v) is 4.42. The van der Waals surface area contributed by atoms with Crippen LogP contribution in [0.2, 0.25) is 0 Å². The van der Waals surface area contributed by atoms with E-state index in [0.29, 0.717) is 13.1 Å². The molecule has 1 aliphatic rings. The van der Waals surface area contributed by atoms with E-state index < -0.39 is 15.5 Å². The molecule has 0 saturated carbocycles. The van der Waals surface area contributed by atoms with Crippen LogP contribution in [0.1, 0.15) is 12.8 Å². The predicted octanol–water partition coefficient (Wildman–Crippen LogP) is 3.09. The molecule has 1 atom stereocenters. The lowest BCUT2D eigenvalue weighted by atomic mass is 10.1. The van der Waals surface area contributed by atoms with Crippen LogP contribution in [0.4, 0.5) is 13.2 Å². The molecule has 2 rings (SSSR count). The van der Waals surface area contributed by atoms with E-state index in [9.17, 15) is 21.6 Å². The lowest BCUT2D eigenvalue weighted by Gasteiger charge is -2.31. The van der Waals surface area contributed by atoms with Gasteiger partial charge in [0.15, 0.2) is 0 Å². The second-order valence-electron chi connectivity index (χ2n) is 5.01. The number of hydrogen-bond acceptors (Lipinski definition) is 4. The Kier molecular flexibility index (Phi) is 7.21. The molecule has 4 nitrogen and oxygen atoms in total. The molecular formula is C13H18ClF3N2O2S2. The Hall–Kier alpha value is -0.480. The Morgan fingerprint density at radius 1 is 1.26 bits per heavy atom. The molecule has 1 unspecified atom stereocenters. The largest absolute Gasteiger partial charge is 0.446 e. The van der Waals surface area contributed by atoms with Gasteiger partial charge in [-0.3, -0.25) is 0 Å². The first-order chi connectivity index (χ1) is 10.2. The number of likely N-dealkylation sites (N-methyl/N-ethyl adjacent to an activating group) is 1. The highest BCUT2D eigenvalue weighted by Gasteiger charge is 2.31. The molecule has 1 saturated heterocycles. The SMILES string of the molecule is CNC1CCCN(S(=O)(=O)c2ccc(SC(F)(F)F)cc2)C1.Cl. The number of piperidine rings is 1. The van der Waals surface area contributed by atoms with Gasteiger partial charge in [-0.25, -0.2) is 8.42 Å². The highest BCUT2D eigenvalue weighted by Crippen LogP contribution is 2.37. The van der Waals surface area contributed by atoms with Crippen LogP contribution in [0.5, 0.6) is 0 Å². The van der Waals surface area contributed by atoms with Crippen molar-refractivity contribution in [2.45, 2.75) is 34.2 Å². The molecule has 1 fully saturated rings. The second kappa shape index (κ2) is 8.06. The van der Waals surface area contributed by atoms with Crippen molar-refractivity contribution in [2.24, 2.45) is 0 Å². The Labute approximate surface area is 144 Å². The van der Waals surface area contributed by atoms with Gasteiger partial charge < -0.3 is 5.32 Å². The van der Waals surface area contributed by atoms with Gasteiger partial charge in [0.2, 0.25) is 10.0 Å². The number of nitrogens with zero attached hydrogens (tertiary/aromatic N) is 1. The van der Waals surface area contributed by atoms with E-state index in [0.717, 1.165) is 12.8 Å². The summed E-state index contributed by atoms with van der Waals surface area (Å²) in [6.45, 7) is 0.803. The third-order valence-corrected chi connectivity index (χ3v) is 6.11. The van der Waals surface area contributed by atoms with Crippen LogP contribution < -0.4 is 5.32 Å². The first-order valence-corrected chi connectivity index (χ1v) is 9.01. The van der Waals surface area contributed by atoms with E-state index in [1.807, 2.05) is 0 Å². The summed E-state index contributed by atoms with van der Waals surface area (Å²) in [5.74, 6) is 0. The quantitative estimate of drug-likeness (QED) is 0.803. The summed E-state index contributed by atoms with van der Waals surface area (Å²) in [7, 11) is -1.88. The van der Waals surface area contributed by atoms with Gasteiger partial charge in [0.1, 0.15) is 0 Å². The van der Waals surface area contributed by atoms with Crippen molar-refractivity contribution in [3.05, 3.63) is 24.3 Å². The third-order valence-electron chi connectivity index (χ3n) is 3.49. The van der Waals surface area contributed by atoms with Crippen molar-refractivity contribution < 1.29 is 21.6 Å². The molecule has 0 spiro atoms. The van der Waals surface area contributed by atoms with Crippen molar-refractivity contribution in [1.29, 1.82) is 0 Å². The van der Waals surface area contributed by atoms with Crippen LogP contribution >= 0.6 is 24.2 Å². The maximum Gasteiger partial charge on any atom is 0.446 e. The summed E-state index contributed by atoms with van der Waals surface area (Å²) >= 11 is -0.259. The summed E-state index contributed by atoms with van der Waals surface area (Å²) in [5, 5.41) is 3.06. The number of benzene rings is 1. The van der Waals surface area contributed by atoms with Gasteiger partial charge >= 0.3 is 5.51 Å². The summed E-state index contributed by atoms with van der Waals surface area (Å²) in [6.07, 6.45) is 1.66. The Bertz CT molecular complexity index is 609. The van der Waals surface area contributed by atoms with Crippen molar-refractivity contribution >= 4 is 34.2 Å². The number of thioether (sulfide) groups is 1. The number of sulfonamides is 1. The van der Waals surface area contributed by atoms with E-state index >= 15 is 0 Å². The molecule has 1 aromatic carbocycles. The lowest BCUT2D eigenvalue weighted by molar-refractivity contribution is -0.0328. The molecule has 0 radical (unpaired) electrons. The summed E-state index contributed by atoms with van der Waals surface area (Å²) in [4.78, 5) is -0.00558. The monoisotopic (exact) mass is 390 g/mol. The van der Waals surface area contributed by atoms with Gasteiger partial charge in [0, 0.05) is 24.0 Å². The number of alkyl halides is 3. The van der Waals surface area contributed by atoms with Gasteiger partial charge in [0.05, 0.1) is 4.90 Å². The highest BCUT2D eigenvalue weighted by molar-refractivity contribution is 8.00. The molecule has 132 valence electrons. The van der Waals surface area contributed by atoms with E-state index in [1.165, 1.54) is 28.6 Å². The van der Waals surface area contributed by atoms with Crippen LogP contribution in [0.3, 0.4) is 0 Å². The molecule has 0 amide bonds. The highest BCUT2D eigenvalue weighted by atomic mass is 35.5. The van der Waals surface area contributed by atoms with Crippen LogP contribution in [0.25, 0.3) is 0 Å². The Morgan fingerprint density at radius 2 is 1.87 bits per heavy atom. The van der Waals surface area contributed by atoms with Gasteiger partial charge in [-0.1, -0.05) is 0 Å². The fourth-order valence-electron chi connectivity index (χ4n) is 2.36. The molecule has 0 bridgehead atoms. The average Bonchev–Trinajstić information content (AvgIpc) is 2.46. The zero-order valence-corrected chi connectivity index (χ0v) is 14.8. The minimum Gasteiger partial charge on any atom is -0.316 e. The molecule has 10 heteroatoms. The Morgan fingerprint density at radius 3 is 2.39 bits per heavy atom. The number of nitrogens with one attached hydrogen (secondary N) is 1. The van der Waals surface area contributed by atoms with Crippen molar-refractivity contribution in [3.63, 3.8) is 0 Å². The van der Waals surface area contributed by atoms with Crippen molar-refractivity contribution in [1.82, 2.24) is 9.62 Å². The molecule has 0 aliphatic carbocycles. The zero-order valence-electron chi connectivity index (χ0n) is 12.3. The average molecular weight is 391 g/mol. The minimum absolute atomic E-state index is 0. The third kappa shape index (κ3) is 5.53. The fraction of sp³-hybridized carbons (Fsp3) is 0.538. The van der Waals surface area contributed by atoms with E-state index in [-0.39, 0.29) is 40.0 Å². The van der Waals surface area contributed by atoms with E-state index in [4.69, 9.17) is 0 Å². The van der Waals surface area contributed by atoms with Gasteiger partial charge in [-0.05, 0) is 55.9 Å². The van der Waals surface area contributed by atoms with Crippen LogP contribution in [0, 0.1) is 0 Å². The second-order valence-corrected chi connectivity index (χ2v) is 8.09. The first-order valence-electron chi connectivity index (χ1n) is 6.75. The molecule has 0 aromatic heterocycles.